The zero-order valence-corrected chi connectivity index (χ0v) is 32.7. The number of para-hydroxylation sites is 4. The monoisotopic (exact) mass is 752 g/mol. The van der Waals surface area contributed by atoms with Crippen molar-refractivity contribution in [2.24, 2.45) is 0 Å². The Kier molecular flexibility index (Phi) is 7.70. The Morgan fingerprint density at radius 1 is 0.304 bits per heavy atom. The fourth-order valence-corrected chi connectivity index (χ4v) is 10.8. The van der Waals surface area contributed by atoms with Crippen LogP contribution in [0.4, 0.5) is 34.1 Å². The molecular formula is C52H36N2S2. The van der Waals surface area contributed by atoms with E-state index >= 15 is 0 Å². The second-order valence-electron chi connectivity index (χ2n) is 14.7. The zero-order valence-electron chi connectivity index (χ0n) is 31.0. The van der Waals surface area contributed by atoms with Gasteiger partial charge in [-0.05, 0) is 144 Å². The summed E-state index contributed by atoms with van der Waals surface area (Å²) in [4.78, 5) is 4.74. The van der Waals surface area contributed by atoms with Crippen molar-refractivity contribution in [3.8, 4) is 0 Å². The standard InChI is InChI=1S/C52H36N2S2/c1-33-13-9-11-19-47(33)53(39-15-5-3-6-16-39)41-23-21-35-27-43-45-31-46-44-28-36-22-24-42(54(40-17-7-4-8-18-40)48-20-12-10-14-34(48)2)26-38(36)30-50(44)56-52(46)32-51(45)55-49(43)29-37(35)25-41/h3-32H,1-2H3. The molecule has 11 rings (SSSR count). The van der Waals surface area contributed by atoms with Gasteiger partial charge in [-0.1, -0.05) is 84.9 Å². The Morgan fingerprint density at radius 2 is 0.696 bits per heavy atom. The van der Waals surface area contributed by atoms with E-state index in [1.165, 1.54) is 84.4 Å². The maximum Gasteiger partial charge on any atom is 0.0490 e. The summed E-state index contributed by atoms with van der Waals surface area (Å²) in [7, 11) is 0. The summed E-state index contributed by atoms with van der Waals surface area (Å²) in [6, 6.07) is 66.9. The van der Waals surface area contributed by atoms with Crippen molar-refractivity contribution in [2.75, 3.05) is 9.80 Å². The van der Waals surface area contributed by atoms with Crippen molar-refractivity contribution in [1.29, 1.82) is 0 Å². The van der Waals surface area contributed by atoms with E-state index in [0.29, 0.717) is 0 Å². The molecule has 2 heterocycles. The fraction of sp³-hybridized carbons (Fsp3) is 0.0385. The summed E-state index contributed by atoms with van der Waals surface area (Å²) < 4.78 is 5.32. The van der Waals surface area contributed by atoms with Crippen LogP contribution in [0.1, 0.15) is 11.1 Å². The predicted octanol–water partition coefficient (Wildman–Crippen LogP) is 16.3. The van der Waals surface area contributed by atoms with Crippen molar-refractivity contribution >= 4 is 119 Å². The number of aryl methyl sites for hydroxylation is 2. The summed E-state index contributed by atoms with van der Waals surface area (Å²) in [5, 5.41) is 10.3. The molecule has 2 nitrogen and oxygen atoms in total. The lowest BCUT2D eigenvalue weighted by Crippen LogP contribution is -2.11. The minimum atomic E-state index is 1.15. The smallest absolute Gasteiger partial charge is 0.0490 e. The van der Waals surface area contributed by atoms with Crippen molar-refractivity contribution in [3.63, 3.8) is 0 Å². The molecule has 0 aliphatic rings. The van der Waals surface area contributed by atoms with Gasteiger partial charge in [0.25, 0.3) is 0 Å². The second kappa shape index (κ2) is 13.1. The average Bonchev–Trinajstić information content (AvgIpc) is 3.76. The molecule has 0 unspecified atom stereocenters. The molecule has 0 bridgehead atoms. The molecular weight excluding hydrogens is 717 g/mol. The summed E-state index contributed by atoms with van der Waals surface area (Å²) >= 11 is 3.81. The third-order valence-electron chi connectivity index (χ3n) is 11.2. The third kappa shape index (κ3) is 5.44. The molecule has 0 radical (unpaired) electrons. The second-order valence-corrected chi connectivity index (χ2v) is 16.9. The normalized spacial score (nSPS) is 11.8. The van der Waals surface area contributed by atoms with Crippen LogP contribution >= 0.6 is 22.7 Å². The van der Waals surface area contributed by atoms with Gasteiger partial charge in [0.15, 0.2) is 0 Å². The predicted molar refractivity (Wildman–Crippen MR) is 246 cm³/mol. The lowest BCUT2D eigenvalue weighted by molar-refractivity contribution is 1.25. The minimum absolute atomic E-state index is 1.15. The van der Waals surface area contributed by atoms with Gasteiger partial charge in [0, 0.05) is 74.5 Å². The van der Waals surface area contributed by atoms with Crippen LogP contribution in [0.2, 0.25) is 0 Å². The van der Waals surface area contributed by atoms with Gasteiger partial charge in [-0.15, -0.1) is 22.7 Å². The van der Waals surface area contributed by atoms with E-state index in [4.69, 9.17) is 0 Å². The highest BCUT2D eigenvalue weighted by Crippen LogP contribution is 2.46. The Hall–Kier alpha value is -6.46. The lowest BCUT2D eigenvalue weighted by Gasteiger charge is -2.27. The van der Waals surface area contributed by atoms with Crippen LogP contribution in [-0.2, 0) is 0 Å². The Morgan fingerprint density at radius 3 is 1.14 bits per heavy atom. The molecule has 56 heavy (non-hydrogen) atoms. The molecule has 0 aliphatic heterocycles. The molecule has 4 heteroatoms. The number of thiophene rings is 2. The molecule has 9 aromatic carbocycles. The first-order chi connectivity index (χ1) is 27.6. The molecule has 11 aromatic rings. The highest BCUT2D eigenvalue weighted by Gasteiger charge is 2.18. The van der Waals surface area contributed by atoms with Crippen molar-refractivity contribution < 1.29 is 0 Å². The van der Waals surface area contributed by atoms with Crippen LogP contribution in [0.25, 0.3) is 61.9 Å². The third-order valence-corrected chi connectivity index (χ3v) is 13.4. The van der Waals surface area contributed by atoms with E-state index in [-0.39, 0.29) is 0 Å². The number of anilines is 6. The topological polar surface area (TPSA) is 6.48 Å². The van der Waals surface area contributed by atoms with Crippen LogP contribution < -0.4 is 9.80 Å². The van der Waals surface area contributed by atoms with E-state index < -0.39 is 0 Å². The van der Waals surface area contributed by atoms with Crippen LogP contribution in [0, 0.1) is 13.8 Å². The molecule has 266 valence electrons. The highest BCUT2D eigenvalue weighted by molar-refractivity contribution is 7.28. The van der Waals surface area contributed by atoms with Crippen LogP contribution in [0.3, 0.4) is 0 Å². The SMILES string of the molecule is Cc1ccccc1N(c1ccccc1)c1ccc2cc3c(cc2c1)sc1cc2sc4cc5cc(N(c6ccccc6)c6ccccc6C)ccc5cc4c2cc13. The molecule has 0 N–H and O–H groups in total. The molecule has 0 fully saturated rings. The Labute approximate surface area is 333 Å². The number of rotatable bonds is 6. The van der Waals surface area contributed by atoms with E-state index in [9.17, 15) is 0 Å². The molecule has 0 saturated carbocycles. The summed E-state index contributed by atoms with van der Waals surface area (Å²) in [5.41, 5.74) is 9.50. The largest absolute Gasteiger partial charge is 0.310 e. The van der Waals surface area contributed by atoms with Crippen molar-refractivity contribution in [2.45, 2.75) is 13.8 Å². The first-order valence-electron chi connectivity index (χ1n) is 19.1. The molecule has 0 saturated heterocycles. The minimum Gasteiger partial charge on any atom is -0.310 e. The van der Waals surface area contributed by atoms with Gasteiger partial charge in [0.1, 0.15) is 0 Å². The van der Waals surface area contributed by atoms with Gasteiger partial charge >= 0.3 is 0 Å². The summed E-state index contributed by atoms with van der Waals surface area (Å²) in [5.74, 6) is 0. The van der Waals surface area contributed by atoms with Crippen LogP contribution in [0.5, 0.6) is 0 Å². The van der Waals surface area contributed by atoms with Crippen LogP contribution in [-0.4, -0.2) is 0 Å². The first-order valence-corrected chi connectivity index (χ1v) is 20.7. The average molecular weight is 753 g/mol. The Balaban J connectivity index is 1.01. The van der Waals surface area contributed by atoms with E-state index in [0.717, 1.165) is 22.7 Å². The quantitative estimate of drug-likeness (QED) is 0.167. The van der Waals surface area contributed by atoms with Gasteiger partial charge in [0.05, 0.1) is 0 Å². The Bertz CT molecular complexity index is 3070. The lowest BCUT2D eigenvalue weighted by atomic mass is 10.0. The van der Waals surface area contributed by atoms with Gasteiger partial charge in [0.2, 0.25) is 0 Å². The zero-order chi connectivity index (χ0) is 37.3. The number of hydrogen-bond acceptors (Lipinski definition) is 4. The van der Waals surface area contributed by atoms with Gasteiger partial charge in [-0.3, -0.25) is 0 Å². The van der Waals surface area contributed by atoms with Crippen LogP contribution in [0.15, 0.2) is 182 Å². The number of hydrogen-bond donors (Lipinski definition) is 0. The maximum absolute atomic E-state index is 2.45. The van der Waals surface area contributed by atoms with E-state index in [1.807, 2.05) is 22.7 Å². The molecule has 2 aromatic heterocycles. The van der Waals surface area contributed by atoms with E-state index in [2.05, 4.69) is 206 Å². The number of nitrogens with zero attached hydrogens (tertiary/aromatic N) is 2. The molecule has 0 amide bonds. The fourth-order valence-electron chi connectivity index (χ4n) is 8.42. The highest BCUT2D eigenvalue weighted by atomic mass is 32.1. The van der Waals surface area contributed by atoms with Gasteiger partial charge in [-0.25, -0.2) is 0 Å². The first kappa shape index (κ1) is 32.9. The number of benzene rings is 9. The summed E-state index contributed by atoms with van der Waals surface area (Å²) in [6.45, 7) is 4.37. The van der Waals surface area contributed by atoms with Crippen molar-refractivity contribution in [1.82, 2.24) is 0 Å². The van der Waals surface area contributed by atoms with Crippen molar-refractivity contribution in [3.05, 3.63) is 193 Å². The maximum atomic E-state index is 2.45. The molecule has 0 atom stereocenters. The van der Waals surface area contributed by atoms with E-state index in [1.54, 1.807) is 0 Å². The van der Waals surface area contributed by atoms with Gasteiger partial charge < -0.3 is 9.80 Å². The molecule has 0 spiro atoms. The summed E-state index contributed by atoms with van der Waals surface area (Å²) in [6.07, 6.45) is 0. The molecule has 0 aliphatic carbocycles. The number of fused-ring (bicyclic) bond motifs is 8. The van der Waals surface area contributed by atoms with Gasteiger partial charge in [-0.2, -0.15) is 0 Å².